The van der Waals surface area contributed by atoms with Gasteiger partial charge in [-0.2, -0.15) is 0 Å². The summed E-state index contributed by atoms with van der Waals surface area (Å²) >= 11 is 0. The third kappa shape index (κ3) is 1.82. The lowest BCUT2D eigenvalue weighted by Crippen LogP contribution is -2.42. The van der Waals surface area contributed by atoms with Gasteiger partial charge >= 0.3 is 0 Å². The van der Waals surface area contributed by atoms with Gasteiger partial charge in [-0.05, 0) is 18.4 Å². The van der Waals surface area contributed by atoms with Gasteiger partial charge in [-0.25, -0.2) is 4.39 Å². The molecule has 0 aromatic heterocycles. The molecule has 0 saturated carbocycles. The maximum Gasteiger partial charge on any atom is 0.0872 e. The van der Waals surface area contributed by atoms with Gasteiger partial charge in [0.1, 0.15) is 0 Å². The molecular weight excluding hydrogens is 197 g/mol. The monoisotopic (exact) mass is 215 g/mol. The lowest BCUT2D eigenvalue weighted by atomic mass is 9.93. The first kappa shape index (κ1) is 11.0. The van der Waals surface area contributed by atoms with Gasteiger partial charge in [-0.15, -0.1) is 0 Å². The minimum absolute atomic E-state index is 0.0205. The van der Waals surface area contributed by atoms with Crippen LogP contribution < -0.4 is 0 Å². The number of methoxy groups -OCH3 is 2. The normalized spacial score (nSPS) is 38.9. The molecule has 2 heterocycles. The van der Waals surface area contributed by atoms with Gasteiger partial charge in [0.05, 0.1) is 24.6 Å². The Balaban J connectivity index is 2.14. The number of ether oxygens (including phenoxy) is 2. The van der Waals surface area contributed by atoms with Crippen LogP contribution in [0, 0.1) is 0 Å². The van der Waals surface area contributed by atoms with E-state index in [1.54, 1.807) is 14.2 Å². The van der Waals surface area contributed by atoms with Gasteiger partial charge in [0.15, 0.2) is 0 Å². The van der Waals surface area contributed by atoms with Crippen LogP contribution in [0.1, 0.15) is 12.8 Å². The van der Waals surface area contributed by atoms with E-state index in [0.717, 1.165) is 37.8 Å². The Morgan fingerprint density at radius 1 is 1.60 bits per heavy atom. The molecule has 0 aliphatic carbocycles. The Labute approximate surface area is 89.8 Å². The summed E-state index contributed by atoms with van der Waals surface area (Å²) in [5, 5.41) is 0. The van der Waals surface area contributed by atoms with E-state index in [9.17, 15) is 4.39 Å². The lowest BCUT2D eigenvalue weighted by Gasteiger charge is -2.30. The van der Waals surface area contributed by atoms with Gasteiger partial charge in [0.25, 0.3) is 0 Å². The van der Waals surface area contributed by atoms with Crippen LogP contribution >= 0.6 is 0 Å². The van der Waals surface area contributed by atoms with Crippen molar-refractivity contribution < 1.29 is 13.9 Å². The molecule has 0 radical (unpaired) electrons. The number of nitrogens with zero attached hydrogens (tertiary/aromatic N) is 1. The first-order valence-corrected chi connectivity index (χ1v) is 5.29. The summed E-state index contributed by atoms with van der Waals surface area (Å²) in [6, 6.07) is 0. The molecule has 2 rings (SSSR count). The summed E-state index contributed by atoms with van der Waals surface area (Å²) in [7, 11) is 3.43. The number of fused-ring (bicyclic) bond motifs is 1. The van der Waals surface area contributed by atoms with Gasteiger partial charge < -0.3 is 9.47 Å². The molecule has 15 heavy (non-hydrogen) atoms. The van der Waals surface area contributed by atoms with E-state index in [1.165, 1.54) is 0 Å². The standard InChI is InChI=1S/C11H18FNO2/c1-14-8-11-3-9(5-12)6-13(11)7-10(4-11)15-2/h5,10H,3-4,6-8H2,1-2H3/b9-5+. The summed E-state index contributed by atoms with van der Waals surface area (Å²) < 4.78 is 23.2. The van der Waals surface area contributed by atoms with Crippen molar-refractivity contribution in [3.8, 4) is 0 Å². The second-order valence-corrected chi connectivity index (χ2v) is 4.54. The molecule has 2 fully saturated rings. The average molecular weight is 215 g/mol. The van der Waals surface area contributed by atoms with Crippen molar-refractivity contribution in [2.24, 2.45) is 0 Å². The van der Waals surface area contributed by atoms with Crippen molar-refractivity contribution >= 4 is 0 Å². The van der Waals surface area contributed by atoms with Crippen LogP contribution in [0.4, 0.5) is 4.39 Å². The van der Waals surface area contributed by atoms with Crippen LogP contribution in [-0.2, 0) is 9.47 Å². The molecule has 2 aliphatic rings. The first-order valence-electron chi connectivity index (χ1n) is 5.29. The predicted molar refractivity (Wildman–Crippen MR) is 55.4 cm³/mol. The fraction of sp³-hybridized carbons (Fsp3) is 0.818. The molecular formula is C11H18FNO2. The summed E-state index contributed by atoms with van der Waals surface area (Å²) in [4.78, 5) is 2.29. The van der Waals surface area contributed by atoms with Crippen molar-refractivity contribution in [3.63, 3.8) is 0 Å². The maximum absolute atomic E-state index is 12.5. The maximum atomic E-state index is 12.5. The zero-order chi connectivity index (χ0) is 10.9. The van der Waals surface area contributed by atoms with Crippen LogP contribution in [-0.4, -0.2) is 50.5 Å². The molecule has 86 valence electrons. The third-order valence-electron chi connectivity index (χ3n) is 3.55. The van der Waals surface area contributed by atoms with E-state index >= 15 is 0 Å². The highest BCUT2D eigenvalue weighted by Gasteiger charge is 2.50. The molecule has 2 unspecified atom stereocenters. The van der Waals surface area contributed by atoms with Crippen LogP contribution in [0.5, 0.6) is 0 Å². The Morgan fingerprint density at radius 3 is 3.00 bits per heavy atom. The van der Waals surface area contributed by atoms with Gasteiger partial charge in [-0.3, -0.25) is 4.90 Å². The molecule has 0 aromatic rings. The minimum atomic E-state index is -0.0205. The Hall–Kier alpha value is -0.450. The summed E-state index contributed by atoms with van der Waals surface area (Å²) in [5.74, 6) is 0. The number of halogens is 1. The molecule has 0 spiro atoms. The predicted octanol–water partition coefficient (Wildman–Crippen LogP) is 1.35. The molecule has 4 heteroatoms. The summed E-state index contributed by atoms with van der Waals surface area (Å²) in [6.45, 7) is 2.26. The number of hydrogen-bond acceptors (Lipinski definition) is 3. The van der Waals surface area contributed by atoms with E-state index in [-0.39, 0.29) is 11.6 Å². The average Bonchev–Trinajstić information content (AvgIpc) is 2.70. The highest BCUT2D eigenvalue weighted by molar-refractivity contribution is 5.20. The molecule has 0 aromatic carbocycles. The van der Waals surface area contributed by atoms with E-state index in [2.05, 4.69) is 4.90 Å². The minimum Gasteiger partial charge on any atom is -0.383 e. The van der Waals surface area contributed by atoms with E-state index < -0.39 is 0 Å². The van der Waals surface area contributed by atoms with Gasteiger partial charge in [0.2, 0.25) is 0 Å². The SMILES string of the molecule is COCC12C/C(=C\F)CN1CC(OC)C2. The lowest BCUT2D eigenvalue weighted by molar-refractivity contribution is 0.0635. The quantitative estimate of drug-likeness (QED) is 0.709. The van der Waals surface area contributed by atoms with Crippen molar-refractivity contribution in [3.05, 3.63) is 11.9 Å². The molecule has 0 amide bonds. The summed E-state index contributed by atoms with van der Waals surface area (Å²) in [5.41, 5.74) is 0.856. The van der Waals surface area contributed by atoms with Crippen LogP contribution in [0.15, 0.2) is 11.9 Å². The van der Waals surface area contributed by atoms with Gasteiger partial charge in [-0.1, -0.05) is 0 Å². The van der Waals surface area contributed by atoms with Crippen LogP contribution in [0.2, 0.25) is 0 Å². The Bertz CT molecular complexity index is 269. The summed E-state index contributed by atoms with van der Waals surface area (Å²) in [6.07, 6.45) is 2.73. The smallest absolute Gasteiger partial charge is 0.0872 e. The Kier molecular flexibility index (Phi) is 3.09. The van der Waals surface area contributed by atoms with E-state index in [4.69, 9.17) is 9.47 Å². The van der Waals surface area contributed by atoms with Crippen LogP contribution in [0.25, 0.3) is 0 Å². The topological polar surface area (TPSA) is 21.7 Å². The fourth-order valence-corrected chi connectivity index (χ4v) is 2.90. The molecule has 2 saturated heterocycles. The van der Waals surface area contributed by atoms with Crippen molar-refractivity contribution in [2.45, 2.75) is 24.5 Å². The molecule has 2 atom stereocenters. The molecule has 3 nitrogen and oxygen atoms in total. The van der Waals surface area contributed by atoms with Crippen molar-refractivity contribution in [1.82, 2.24) is 4.90 Å². The molecule has 0 bridgehead atoms. The highest BCUT2D eigenvalue weighted by atomic mass is 19.1. The van der Waals surface area contributed by atoms with Crippen LogP contribution in [0.3, 0.4) is 0 Å². The molecule has 2 aliphatic heterocycles. The van der Waals surface area contributed by atoms with Gasteiger partial charge in [0, 0.05) is 27.3 Å². The highest BCUT2D eigenvalue weighted by Crippen LogP contribution is 2.42. The van der Waals surface area contributed by atoms with Crippen molar-refractivity contribution in [2.75, 3.05) is 33.9 Å². The van der Waals surface area contributed by atoms with E-state index in [1.807, 2.05) is 0 Å². The second-order valence-electron chi connectivity index (χ2n) is 4.54. The fourth-order valence-electron chi connectivity index (χ4n) is 2.90. The second kappa shape index (κ2) is 4.20. The van der Waals surface area contributed by atoms with Crippen molar-refractivity contribution in [1.29, 1.82) is 0 Å². The largest absolute Gasteiger partial charge is 0.383 e. The third-order valence-corrected chi connectivity index (χ3v) is 3.55. The molecule has 0 N–H and O–H groups in total. The Morgan fingerprint density at radius 2 is 2.40 bits per heavy atom. The zero-order valence-corrected chi connectivity index (χ0v) is 9.33. The zero-order valence-electron chi connectivity index (χ0n) is 9.33. The number of rotatable bonds is 3. The first-order chi connectivity index (χ1) is 7.24. The number of hydrogen-bond donors (Lipinski definition) is 0. The van der Waals surface area contributed by atoms with E-state index in [0.29, 0.717) is 6.61 Å².